The van der Waals surface area contributed by atoms with E-state index in [1.54, 1.807) is 0 Å². The Kier molecular flexibility index (Phi) is 12.6. The van der Waals surface area contributed by atoms with Gasteiger partial charge in [0.1, 0.15) is 0 Å². The molecule has 462 valence electrons. The van der Waals surface area contributed by atoms with Crippen LogP contribution in [0.5, 0.6) is 0 Å². The number of hydrogen-bond acceptors (Lipinski definition) is 5. The second-order valence-electron chi connectivity index (χ2n) is 27.9. The van der Waals surface area contributed by atoms with Gasteiger partial charge >= 0.3 is 512 Å². The predicted molar refractivity (Wildman–Crippen MR) is 416 cm³/mol. The average Bonchev–Trinajstić information content (AvgIpc) is 1.31. The molecule has 5 nitrogen and oxygen atoms in total. The van der Waals surface area contributed by atoms with Crippen LogP contribution in [0.3, 0.4) is 0 Å². The number of nitrogens with zero attached hydrogens (tertiary/aromatic N) is 5. The third kappa shape index (κ3) is 8.23. The van der Waals surface area contributed by atoms with Crippen molar-refractivity contribution < 1.29 is 0 Å². The monoisotopic (exact) mass is 1320 g/mol. The molecule has 98 heavy (non-hydrogen) atoms. The van der Waals surface area contributed by atoms with E-state index in [9.17, 15) is 0 Å². The summed E-state index contributed by atoms with van der Waals surface area (Å²) in [7, 11) is 0. The van der Waals surface area contributed by atoms with Gasteiger partial charge in [-0.2, -0.15) is 0 Å². The number of rotatable bonds is 9. The van der Waals surface area contributed by atoms with Crippen LogP contribution in [0.15, 0.2) is 322 Å². The standard InChI is InChI=1S/C90H65B2N5Se/c1-89(2)71-52-65(93(58-30-12-5-13-31-58)59-32-14-6-15-33-59)48-50-67(71)69-54-80-85-87(83(69)89)96(63-40-22-10-23-41-63)77-46-28-26-44-73(77)91(85)75-56-76-81(57-79(75)95(80)62-38-20-9-21-39-62)98-82-55-70-68-51-49-66(94(60-34-16-7-17-35-60)61-36-18-8-19-37-61)53-72(68)90(3,4)84(70)88-86(82)92(76)74-45-27-29-47-78(74)97(88)64-42-24-11-25-43-64/h5-57H,1-4H3. The molecular weight excluding hydrogens is 1250 g/mol. The van der Waals surface area contributed by atoms with Crippen LogP contribution < -0.4 is 66.2 Å². The Morgan fingerprint density at radius 3 is 1.10 bits per heavy atom. The molecule has 14 aromatic carbocycles. The van der Waals surface area contributed by atoms with E-state index in [4.69, 9.17) is 0 Å². The van der Waals surface area contributed by atoms with Gasteiger partial charge in [0.25, 0.3) is 0 Å². The van der Waals surface area contributed by atoms with Crippen molar-refractivity contribution in [2.75, 3.05) is 24.5 Å². The van der Waals surface area contributed by atoms with Crippen molar-refractivity contribution in [1.29, 1.82) is 0 Å². The van der Waals surface area contributed by atoms with Crippen LogP contribution >= 0.6 is 0 Å². The summed E-state index contributed by atoms with van der Waals surface area (Å²) in [5, 5.41) is 0. The van der Waals surface area contributed by atoms with Crippen molar-refractivity contribution in [2.45, 2.75) is 38.5 Å². The second kappa shape index (κ2) is 21.6. The van der Waals surface area contributed by atoms with Gasteiger partial charge in [-0.1, -0.05) is 36.4 Å². The molecule has 0 aromatic heterocycles. The van der Waals surface area contributed by atoms with Crippen molar-refractivity contribution in [3.63, 3.8) is 0 Å². The van der Waals surface area contributed by atoms with Crippen LogP contribution in [0.25, 0.3) is 22.3 Å². The SMILES string of the molecule is CC1(C)c2cc(N(c3ccccc3)c3ccccc3)ccc2-c2cc3c4c(c21)N(c1ccccc1)c1ccccc1B4c1cc2c(cc1[Se]3)N(c1ccccc1)c1cc3c(c4c1B2c1ccccc1N4c1ccccc1)C(C)(C)c1cc(N(c2ccccc2)c2ccccc2)ccc1-3. The van der Waals surface area contributed by atoms with E-state index in [2.05, 4.69) is 374 Å². The van der Waals surface area contributed by atoms with Crippen molar-refractivity contribution in [2.24, 2.45) is 0 Å². The second-order valence-corrected chi connectivity index (χ2v) is 30.2. The minimum absolute atomic E-state index is 0.0428. The van der Waals surface area contributed by atoms with Crippen LogP contribution in [0, 0.1) is 0 Å². The van der Waals surface area contributed by atoms with Gasteiger partial charge in [-0.15, -0.1) is 0 Å². The molecule has 0 amide bonds. The molecular formula is C90H65B2N5Se. The number of benzene rings is 14. The third-order valence-corrected chi connectivity index (χ3v) is 24.3. The first-order valence-corrected chi connectivity index (χ1v) is 36.0. The zero-order valence-electron chi connectivity index (χ0n) is 54.9. The predicted octanol–water partition coefficient (Wildman–Crippen LogP) is 17.6. The van der Waals surface area contributed by atoms with Gasteiger partial charge in [0, 0.05) is 11.4 Å². The van der Waals surface area contributed by atoms with Crippen LogP contribution in [0.4, 0.5) is 85.3 Å². The Morgan fingerprint density at radius 2 is 0.653 bits per heavy atom. The first-order valence-electron chi connectivity index (χ1n) is 34.3. The Balaban J connectivity index is 0.832. The van der Waals surface area contributed by atoms with Crippen LogP contribution in [-0.4, -0.2) is 28.4 Å². The molecule has 0 fully saturated rings. The van der Waals surface area contributed by atoms with Gasteiger partial charge in [-0.3, -0.25) is 0 Å². The van der Waals surface area contributed by atoms with E-state index in [-0.39, 0.29) is 33.8 Å². The van der Waals surface area contributed by atoms with Gasteiger partial charge in [0.05, 0.1) is 0 Å². The summed E-state index contributed by atoms with van der Waals surface area (Å²) < 4.78 is 2.88. The summed E-state index contributed by atoms with van der Waals surface area (Å²) in [4.78, 5) is 12.8. The molecule has 0 unspecified atom stereocenters. The number of para-hydroxylation sites is 9. The molecule has 4 heterocycles. The molecule has 0 spiro atoms. The molecule has 0 N–H and O–H groups in total. The van der Waals surface area contributed by atoms with Gasteiger partial charge < -0.3 is 0 Å². The van der Waals surface area contributed by atoms with Crippen molar-refractivity contribution in [1.82, 2.24) is 0 Å². The average molecular weight is 1320 g/mol. The summed E-state index contributed by atoms with van der Waals surface area (Å²) >= 11 is -0.104. The summed E-state index contributed by atoms with van der Waals surface area (Å²) in [6.45, 7) is 9.79. The Labute approximate surface area is 580 Å². The molecule has 0 atom stereocenters. The number of fused-ring (bicyclic) bond motifs is 16. The summed E-state index contributed by atoms with van der Waals surface area (Å²) in [5.41, 5.74) is 35.8. The summed E-state index contributed by atoms with van der Waals surface area (Å²) in [5.74, 6) is 0. The van der Waals surface area contributed by atoms with E-state index < -0.39 is 5.41 Å². The van der Waals surface area contributed by atoms with Crippen molar-refractivity contribution in [3.8, 4) is 22.3 Å². The Hall–Kier alpha value is -11.3. The van der Waals surface area contributed by atoms with Gasteiger partial charge in [0.15, 0.2) is 0 Å². The van der Waals surface area contributed by atoms with E-state index in [1.807, 2.05) is 0 Å². The van der Waals surface area contributed by atoms with Crippen LogP contribution in [0.2, 0.25) is 0 Å². The molecule has 0 saturated heterocycles. The van der Waals surface area contributed by atoms with Crippen molar-refractivity contribution in [3.05, 3.63) is 344 Å². The van der Waals surface area contributed by atoms with Gasteiger partial charge in [0.2, 0.25) is 0 Å². The fraction of sp³-hybridized carbons (Fsp3) is 0.0667. The first-order chi connectivity index (χ1) is 48.2. The molecule has 0 bridgehead atoms. The number of hydrogen-bond donors (Lipinski definition) is 0. The van der Waals surface area contributed by atoms with E-state index in [1.165, 1.54) is 126 Å². The fourth-order valence-electron chi connectivity index (χ4n) is 17.8. The van der Waals surface area contributed by atoms with E-state index in [0.717, 1.165) is 45.5 Å². The molecule has 14 aromatic rings. The third-order valence-electron chi connectivity index (χ3n) is 21.9. The summed E-state index contributed by atoms with van der Waals surface area (Å²) in [6.07, 6.45) is 0. The zero-order chi connectivity index (χ0) is 65.1. The quantitative estimate of drug-likeness (QED) is 0.134. The minimum atomic E-state index is -0.431. The van der Waals surface area contributed by atoms with E-state index in [0.29, 0.717) is 0 Å². The maximum absolute atomic E-state index is 2.73. The first kappa shape index (κ1) is 57.0. The van der Waals surface area contributed by atoms with Crippen molar-refractivity contribution >= 4 is 155 Å². The van der Waals surface area contributed by atoms with E-state index >= 15 is 0 Å². The topological polar surface area (TPSA) is 16.2 Å². The normalized spacial score (nSPS) is 14.6. The summed E-state index contributed by atoms with van der Waals surface area (Å²) in [6, 6.07) is 121. The van der Waals surface area contributed by atoms with Crippen LogP contribution in [-0.2, 0) is 10.8 Å². The molecule has 0 radical (unpaired) electrons. The number of anilines is 15. The molecule has 20 rings (SSSR count). The molecule has 2 aliphatic carbocycles. The zero-order valence-corrected chi connectivity index (χ0v) is 56.6. The Morgan fingerprint density at radius 1 is 0.276 bits per heavy atom. The molecule has 6 aliphatic rings. The molecule has 4 aliphatic heterocycles. The van der Waals surface area contributed by atoms with Crippen LogP contribution in [0.1, 0.15) is 49.9 Å². The fourth-order valence-corrected chi connectivity index (χ4v) is 20.4. The van der Waals surface area contributed by atoms with Gasteiger partial charge in [-0.25, -0.2) is 0 Å². The molecule has 8 heteroatoms. The Bertz CT molecular complexity index is 5500. The maximum atomic E-state index is 2.73. The molecule has 0 saturated carbocycles. The van der Waals surface area contributed by atoms with Gasteiger partial charge in [-0.05, 0) is 24.3 Å².